The minimum absolute atomic E-state index is 0. The van der Waals surface area contributed by atoms with Crippen LogP contribution in [0.25, 0.3) is 10.8 Å². The number of aliphatic carboxylic acids is 1. The maximum absolute atomic E-state index is 13.5. The Balaban J connectivity index is 0.00000300. The van der Waals surface area contributed by atoms with Crippen molar-refractivity contribution in [3.8, 4) is 0 Å². The van der Waals surface area contributed by atoms with Crippen molar-refractivity contribution in [3.05, 3.63) is 36.4 Å². The molecule has 0 spiro atoms. The van der Waals surface area contributed by atoms with Crippen molar-refractivity contribution in [2.75, 3.05) is 32.1 Å². The van der Waals surface area contributed by atoms with Crippen LogP contribution in [0, 0.1) is 0 Å². The molecule has 0 bridgehead atoms. The zero-order chi connectivity index (χ0) is 20.7. The summed E-state index contributed by atoms with van der Waals surface area (Å²) >= 11 is 0. The average Bonchev–Trinajstić information content (AvgIpc) is 3.13. The number of carboxylic acid groups (broad SMARTS) is 1. The number of nitrogens with two attached hydrogens (primary N) is 1. The predicted molar refractivity (Wildman–Crippen MR) is 113 cm³/mol. The molecule has 1 aliphatic heterocycles. The van der Waals surface area contributed by atoms with Gasteiger partial charge in [-0.2, -0.15) is 4.31 Å². The lowest BCUT2D eigenvalue weighted by atomic mass is 9.92. The highest BCUT2D eigenvalue weighted by molar-refractivity contribution is 7.89. The van der Waals surface area contributed by atoms with Gasteiger partial charge in [-0.3, -0.25) is 4.79 Å². The highest BCUT2D eigenvalue weighted by Crippen LogP contribution is 2.38. The number of sulfonamides is 1. The van der Waals surface area contributed by atoms with E-state index in [1.165, 1.54) is 6.07 Å². The quantitative estimate of drug-likeness (QED) is 0.651. The number of fused-ring (bicyclic) bond motifs is 1. The van der Waals surface area contributed by atoms with E-state index in [0.717, 1.165) is 15.4 Å². The number of carboxylic acids is 1. The number of nitrogens with zero attached hydrogens (tertiary/aromatic N) is 2. The average molecular weight is 442 g/mol. The van der Waals surface area contributed by atoms with E-state index in [-0.39, 0.29) is 36.7 Å². The molecule has 1 unspecified atom stereocenters. The summed E-state index contributed by atoms with van der Waals surface area (Å²) in [5, 5.41) is 11.0. The van der Waals surface area contributed by atoms with Gasteiger partial charge in [0, 0.05) is 37.1 Å². The second kappa shape index (κ2) is 8.27. The van der Waals surface area contributed by atoms with E-state index < -0.39 is 33.9 Å². The molecule has 2 aromatic rings. The molecule has 0 radical (unpaired) electrons. The summed E-state index contributed by atoms with van der Waals surface area (Å²) in [5.41, 5.74) is 4.10. The van der Waals surface area contributed by atoms with Gasteiger partial charge in [-0.15, -0.1) is 12.4 Å². The first-order chi connectivity index (χ1) is 13.2. The molecular weight excluding hydrogens is 418 g/mol. The van der Waals surface area contributed by atoms with E-state index in [4.69, 9.17) is 5.73 Å². The van der Waals surface area contributed by atoms with Crippen molar-refractivity contribution in [2.45, 2.75) is 23.3 Å². The summed E-state index contributed by atoms with van der Waals surface area (Å²) in [7, 11) is -0.552. The number of hydrogen-bond acceptors (Lipinski definition) is 6. The van der Waals surface area contributed by atoms with Crippen LogP contribution >= 0.6 is 12.4 Å². The molecule has 1 heterocycles. The second-order valence-corrected chi connectivity index (χ2v) is 8.83. The molecule has 0 aliphatic carbocycles. The Labute approximate surface area is 175 Å². The number of Topliss-reactive ketones (excluding diaryl/α,β-unsaturated/α-hetero) is 1. The standard InChI is InChI=1S/C19H23N3O5S.ClH/c1-21(2)15-8-3-7-14-13(15)6-4-9-16(14)28(26,27)22-11-5-10-19(22,18(24)25)17(23)12-20;/h3-4,6-9H,5,10-12,20H2,1-2H3,(H,24,25);1H. The molecule has 10 heteroatoms. The SMILES string of the molecule is CN(C)c1cccc2c(S(=O)(=O)N3CCCC3(C(=O)O)C(=O)CN)cccc12.Cl. The van der Waals surface area contributed by atoms with Crippen LogP contribution in [0.3, 0.4) is 0 Å². The predicted octanol–water partition coefficient (Wildman–Crippen LogP) is 1.46. The van der Waals surface area contributed by atoms with E-state index in [2.05, 4.69) is 0 Å². The molecule has 1 fully saturated rings. The Morgan fingerprint density at radius 3 is 2.38 bits per heavy atom. The fourth-order valence-corrected chi connectivity index (χ4v) is 5.89. The first-order valence-electron chi connectivity index (χ1n) is 8.86. The molecule has 158 valence electrons. The van der Waals surface area contributed by atoms with Gasteiger partial charge in [0.05, 0.1) is 11.4 Å². The van der Waals surface area contributed by atoms with Gasteiger partial charge in [0.2, 0.25) is 10.0 Å². The highest BCUT2D eigenvalue weighted by atomic mass is 35.5. The maximum atomic E-state index is 13.5. The molecule has 3 rings (SSSR count). The molecule has 0 amide bonds. The fraction of sp³-hybridized carbons (Fsp3) is 0.368. The molecule has 3 N–H and O–H groups in total. The lowest BCUT2D eigenvalue weighted by Crippen LogP contribution is -2.60. The molecular formula is C19H24ClN3O5S. The highest BCUT2D eigenvalue weighted by Gasteiger charge is 2.58. The van der Waals surface area contributed by atoms with Crippen molar-refractivity contribution < 1.29 is 23.1 Å². The third kappa shape index (κ3) is 3.48. The number of benzene rings is 2. The molecule has 8 nitrogen and oxygen atoms in total. The number of carbonyl (C=O) groups excluding carboxylic acids is 1. The topological polar surface area (TPSA) is 121 Å². The van der Waals surface area contributed by atoms with Gasteiger partial charge in [0.15, 0.2) is 11.3 Å². The summed E-state index contributed by atoms with van der Waals surface area (Å²) in [4.78, 5) is 26.3. The van der Waals surface area contributed by atoms with Gasteiger partial charge in [0.25, 0.3) is 0 Å². The molecule has 1 aliphatic rings. The van der Waals surface area contributed by atoms with E-state index in [9.17, 15) is 23.1 Å². The van der Waals surface area contributed by atoms with Crippen LogP contribution in [0.1, 0.15) is 12.8 Å². The number of anilines is 1. The summed E-state index contributed by atoms with van der Waals surface area (Å²) in [6.07, 6.45) is 0.177. The number of ketones is 1. The first-order valence-corrected chi connectivity index (χ1v) is 10.3. The summed E-state index contributed by atoms with van der Waals surface area (Å²) in [5.74, 6) is -2.30. The Bertz CT molecular complexity index is 1060. The molecule has 1 atom stereocenters. The summed E-state index contributed by atoms with van der Waals surface area (Å²) in [6.45, 7) is -0.594. The summed E-state index contributed by atoms with van der Waals surface area (Å²) in [6, 6.07) is 10.2. The van der Waals surface area contributed by atoms with Gasteiger partial charge < -0.3 is 15.7 Å². The van der Waals surface area contributed by atoms with Crippen LogP contribution in [0.15, 0.2) is 41.3 Å². The van der Waals surface area contributed by atoms with Crippen molar-refractivity contribution in [3.63, 3.8) is 0 Å². The molecule has 0 aromatic heterocycles. The van der Waals surface area contributed by atoms with Crippen LogP contribution in [0.4, 0.5) is 5.69 Å². The Kier molecular flexibility index (Phi) is 6.58. The number of carbonyl (C=O) groups is 2. The molecule has 29 heavy (non-hydrogen) atoms. The zero-order valence-electron chi connectivity index (χ0n) is 16.2. The number of halogens is 1. The van der Waals surface area contributed by atoms with Crippen LogP contribution in [-0.2, 0) is 19.6 Å². The van der Waals surface area contributed by atoms with Crippen LogP contribution in [-0.4, -0.2) is 62.3 Å². The largest absolute Gasteiger partial charge is 0.480 e. The van der Waals surface area contributed by atoms with Gasteiger partial charge in [0.1, 0.15) is 0 Å². The normalized spacial score (nSPS) is 19.7. The number of hydrogen-bond donors (Lipinski definition) is 2. The number of rotatable bonds is 6. The van der Waals surface area contributed by atoms with Gasteiger partial charge >= 0.3 is 5.97 Å². The smallest absolute Gasteiger partial charge is 0.332 e. The molecule has 0 saturated carbocycles. The Morgan fingerprint density at radius 2 is 1.79 bits per heavy atom. The summed E-state index contributed by atoms with van der Waals surface area (Å²) < 4.78 is 27.9. The van der Waals surface area contributed by atoms with E-state index in [1.54, 1.807) is 18.2 Å². The Hall–Kier alpha value is -2.20. The van der Waals surface area contributed by atoms with Crippen LogP contribution in [0.5, 0.6) is 0 Å². The van der Waals surface area contributed by atoms with E-state index in [0.29, 0.717) is 5.39 Å². The second-order valence-electron chi connectivity index (χ2n) is 7.00. The van der Waals surface area contributed by atoms with Crippen LogP contribution < -0.4 is 10.6 Å². The maximum Gasteiger partial charge on any atom is 0.332 e. The van der Waals surface area contributed by atoms with Crippen molar-refractivity contribution in [1.82, 2.24) is 4.31 Å². The van der Waals surface area contributed by atoms with E-state index in [1.807, 2.05) is 31.1 Å². The molecule has 2 aromatic carbocycles. The zero-order valence-corrected chi connectivity index (χ0v) is 17.8. The molecule has 1 saturated heterocycles. The van der Waals surface area contributed by atoms with Crippen molar-refractivity contribution in [2.24, 2.45) is 5.73 Å². The minimum atomic E-state index is -4.26. The van der Waals surface area contributed by atoms with Crippen molar-refractivity contribution >= 4 is 50.6 Å². The lowest BCUT2D eigenvalue weighted by molar-refractivity contribution is -0.152. The third-order valence-electron chi connectivity index (χ3n) is 5.23. The van der Waals surface area contributed by atoms with Crippen LogP contribution in [0.2, 0.25) is 0 Å². The van der Waals surface area contributed by atoms with E-state index >= 15 is 0 Å². The third-order valence-corrected chi connectivity index (χ3v) is 7.22. The van der Waals surface area contributed by atoms with Gasteiger partial charge in [-0.1, -0.05) is 24.3 Å². The van der Waals surface area contributed by atoms with Crippen molar-refractivity contribution in [1.29, 1.82) is 0 Å². The fourth-order valence-electron chi connectivity index (χ4n) is 3.90. The minimum Gasteiger partial charge on any atom is -0.480 e. The lowest BCUT2D eigenvalue weighted by Gasteiger charge is -2.32. The van der Waals surface area contributed by atoms with Gasteiger partial charge in [-0.05, 0) is 25.0 Å². The first kappa shape index (κ1) is 23.1. The Morgan fingerprint density at radius 1 is 1.17 bits per heavy atom. The monoisotopic (exact) mass is 441 g/mol. The van der Waals surface area contributed by atoms with Gasteiger partial charge in [-0.25, -0.2) is 13.2 Å².